The molecule has 0 fully saturated rings. The monoisotopic (exact) mass is 216 g/mol. The lowest BCUT2D eigenvalue weighted by Gasteiger charge is -1.97. The fourth-order valence-electron chi connectivity index (χ4n) is 1.47. The molecule has 0 aliphatic carbocycles. The average Bonchev–Trinajstić information content (AvgIpc) is 2.57. The van der Waals surface area contributed by atoms with E-state index >= 15 is 0 Å². The number of rotatable bonds is 2. The highest BCUT2D eigenvalue weighted by atomic mass is 32.1. The molecular weight excluding hydrogens is 204 g/mol. The molecule has 0 radical (unpaired) electrons. The van der Waals surface area contributed by atoms with Gasteiger partial charge in [0.1, 0.15) is 0 Å². The van der Waals surface area contributed by atoms with Crippen molar-refractivity contribution in [2.45, 2.75) is 20.3 Å². The Balaban J connectivity index is 2.43. The van der Waals surface area contributed by atoms with Gasteiger partial charge in [-0.1, -0.05) is 26.0 Å². The predicted octanol–water partition coefficient (Wildman–Crippen LogP) is 4.05. The highest BCUT2D eigenvalue weighted by Crippen LogP contribution is 2.27. The molecule has 1 aromatic carbocycles. The summed E-state index contributed by atoms with van der Waals surface area (Å²) in [6, 6.07) is 5.71. The summed E-state index contributed by atoms with van der Waals surface area (Å²) in [6.45, 7) is 11.3. The van der Waals surface area contributed by atoms with Crippen molar-refractivity contribution in [3.63, 3.8) is 0 Å². The molecule has 3 heteroatoms. The maximum Gasteiger partial charge on any atom is 0.189 e. The quantitative estimate of drug-likeness (QED) is 0.692. The standard InChI is InChI=1S/C12H12N2S/c1-8(2)6-12-14-10-7-9(13-3)4-5-11(10)15-12/h4-5,7-8H,6H2,1-2H3. The molecule has 0 N–H and O–H groups in total. The van der Waals surface area contributed by atoms with E-state index in [1.807, 2.05) is 18.2 Å². The number of fused-ring (bicyclic) bond motifs is 1. The van der Waals surface area contributed by atoms with Crippen LogP contribution in [0.2, 0.25) is 0 Å². The van der Waals surface area contributed by atoms with Gasteiger partial charge in [0.15, 0.2) is 5.69 Å². The Kier molecular flexibility index (Phi) is 2.70. The molecule has 0 unspecified atom stereocenters. The number of hydrogen-bond acceptors (Lipinski definition) is 2. The summed E-state index contributed by atoms with van der Waals surface area (Å²) in [5.74, 6) is 0.630. The summed E-state index contributed by atoms with van der Waals surface area (Å²) in [7, 11) is 0. The van der Waals surface area contributed by atoms with Crippen LogP contribution in [0.15, 0.2) is 18.2 Å². The van der Waals surface area contributed by atoms with Crippen LogP contribution < -0.4 is 0 Å². The topological polar surface area (TPSA) is 17.2 Å². The van der Waals surface area contributed by atoms with E-state index in [2.05, 4.69) is 23.7 Å². The van der Waals surface area contributed by atoms with Gasteiger partial charge in [0.25, 0.3) is 0 Å². The second-order valence-corrected chi connectivity index (χ2v) is 5.08. The Morgan fingerprint density at radius 1 is 1.47 bits per heavy atom. The van der Waals surface area contributed by atoms with Crippen molar-refractivity contribution in [1.82, 2.24) is 4.98 Å². The molecule has 0 aliphatic heterocycles. The Bertz CT molecular complexity index is 520. The molecule has 0 bridgehead atoms. The van der Waals surface area contributed by atoms with E-state index in [0.29, 0.717) is 11.6 Å². The van der Waals surface area contributed by atoms with Gasteiger partial charge in [0.05, 0.1) is 21.8 Å². The van der Waals surface area contributed by atoms with Crippen LogP contribution in [0.5, 0.6) is 0 Å². The lowest BCUT2D eigenvalue weighted by atomic mass is 10.1. The highest BCUT2D eigenvalue weighted by Gasteiger charge is 2.06. The Hall–Kier alpha value is -1.40. The van der Waals surface area contributed by atoms with Crippen molar-refractivity contribution < 1.29 is 0 Å². The Labute approximate surface area is 93.4 Å². The van der Waals surface area contributed by atoms with Crippen molar-refractivity contribution in [3.05, 3.63) is 34.6 Å². The van der Waals surface area contributed by atoms with E-state index in [4.69, 9.17) is 6.57 Å². The van der Waals surface area contributed by atoms with Crippen LogP contribution in [-0.2, 0) is 6.42 Å². The van der Waals surface area contributed by atoms with Crippen LogP contribution in [0.1, 0.15) is 18.9 Å². The van der Waals surface area contributed by atoms with Gasteiger partial charge in [-0.15, -0.1) is 11.3 Å². The largest absolute Gasteiger partial charge is 0.243 e. The lowest BCUT2D eigenvalue weighted by molar-refractivity contribution is 0.645. The van der Waals surface area contributed by atoms with Gasteiger partial charge in [-0.3, -0.25) is 0 Å². The third-order valence-electron chi connectivity index (χ3n) is 2.13. The van der Waals surface area contributed by atoms with Gasteiger partial charge in [-0.05, 0) is 12.0 Å². The highest BCUT2D eigenvalue weighted by molar-refractivity contribution is 7.18. The first-order chi connectivity index (χ1) is 7.19. The molecular formula is C12H12N2S. The van der Waals surface area contributed by atoms with Gasteiger partial charge in [0.2, 0.25) is 0 Å². The first-order valence-electron chi connectivity index (χ1n) is 4.96. The summed E-state index contributed by atoms with van der Waals surface area (Å²) >= 11 is 1.73. The number of aromatic nitrogens is 1. The first kappa shape index (κ1) is 10.1. The van der Waals surface area contributed by atoms with Crippen LogP contribution in [0, 0.1) is 12.5 Å². The average molecular weight is 216 g/mol. The molecule has 2 rings (SSSR count). The summed E-state index contributed by atoms with van der Waals surface area (Å²) in [5.41, 5.74) is 1.63. The first-order valence-corrected chi connectivity index (χ1v) is 5.77. The van der Waals surface area contributed by atoms with E-state index in [1.165, 1.54) is 9.71 Å². The minimum absolute atomic E-state index is 0.630. The molecule has 0 amide bonds. The number of nitrogens with zero attached hydrogens (tertiary/aromatic N) is 2. The molecule has 0 saturated carbocycles. The molecule has 1 aromatic heterocycles. The summed E-state index contributed by atoms with van der Waals surface area (Å²) in [6.07, 6.45) is 1.02. The van der Waals surface area contributed by atoms with Crippen LogP contribution in [0.4, 0.5) is 5.69 Å². The SMILES string of the molecule is [C-]#[N+]c1ccc2sc(CC(C)C)nc2c1. The zero-order valence-corrected chi connectivity index (χ0v) is 9.64. The van der Waals surface area contributed by atoms with E-state index in [1.54, 1.807) is 11.3 Å². The molecule has 0 spiro atoms. The van der Waals surface area contributed by atoms with Crippen LogP contribution in [0.3, 0.4) is 0 Å². The Morgan fingerprint density at radius 2 is 2.27 bits per heavy atom. The molecule has 0 saturated heterocycles. The Morgan fingerprint density at radius 3 is 2.93 bits per heavy atom. The van der Waals surface area contributed by atoms with Crippen molar-refractivity contribution in [2.75, 3.05) is 0 Å². The molecule has 2 nitrogen and oxygen atoms in total. The van der Waals surface area contributed by atoms with E-state index in [-0.39, 0.29) is 0 Å². The molecule has 1 heterocycles. The van der Waals surface area contributed by atoms with E-state index < -0.39 is 0 Å². The summed E-state index contributed by atoms with van der Waals surface area (Å²) in [4.78, 5) is 7.94. The van der Waals surface area contributed by atoms with Gasteiger partial charge in [-0.25, -0.2) is 9.83 Å². The second kappa shape index (κ2) is 4.00. The molecule has 15 heavy (non-hydrogen) atoms. The minimum Gasteiger partial charge on any atom is -0.243 e. The van der Waals surface area contributed by atoms with Crippen LogP contribution >= 0.6 is 11.3 Å². The summed E-state index contributed by atoms with van der Waals surface area (Å²) in [5, 5.41) is 1.17. The predicted molar refractivity (Wildman–Crippen MR) is 64.4 cm³/mol. The summed E-state index contributed by atoms with van der Waals surface area (Å²) < 4.78 is 1.18. The molecule has 0 atom stereocenters. The molecule has 0 aliphatic rings. The maximum absolute atomic E-state index is 6.94. The zero-order valence-electron chi connectivity index (χ0n) is 8.82. The van der Waals surface area contributed by atoms with Crippen molar-refractivity contribution >= 4 is 27.2 Å². The second-order valence-electron chi connectivity index (χ2n) is 3.97. The zero-order chi connectivity index (χ0) is 10.8. The number of benzene rings is 1. The van der Waals surface area contributed by atoms with Crippen molar-refractivity contribution in [1.29, 1.82) is 0 Å². The smallest absolute Gasteiger partial charge is 0.189 e. The fourth-order valence-corrected chi connectivity index (χ4v) is 2.63. The van der Waals surface area contributed by atoms with Crippen LogP contribution in [0.25, 0.3) is 15.1 Å². The van der Waals surface area contributed by atoms with Crippen molar-refractivity contribution in [3.8, 4) is 0 Å². The van der Waals surface area contributed by atoms with Crippen LogP contribution in [-0.4, -0.2) is 4.98 Å². The normalized spacial score (nSPS) is 10.8. The minimum atomic E-state index is 0.630. The molecule has 2 aromatic rings. The van der Waals surface area contributed by atoms with Gasteiger partial charge in [0, 0.05) is 6.42 Å². The third-order valence-corrected chi connectivity index (χ3v) is 3.19. The molecule has 76 valence electrons. The maximum atomic E-state index is 6.94. The van der Waals surface area contributed by atoms with Crippen molar-refractivity contribution in [2.24, 2.45) is 5.92 Å². The van der Waals surface area contributed by atoms with Gasteiger partial charge >= 0.3 is 0 Å². The van der Waals surface area contributed by atoms with E-state index in [9.17, 15) is 0 Å². The van der Waals surface area contributed by atoms with Gasteiger partial charge in [-0.2, -0.15) is 0 Å². The third kappa shape index (κ3) is 2.16. The van der Waals surface area contributed by atoms with E-state index in [0.717, 1.165) is 11.9 Å². The lowest BCUT2D eigenvalue weighted by Crippen LogP contribution is -1.91. The number of thiazole rings is 1. The van der Waals surface area contributed by atoms with Gasteiger partial charge < -0.3 is 0 Å². The fraction of sp³-hybridized carbons (Fsp3) is 0.333. The number of hydrogen-bond donors (Lipinski definition) is 0.